The smallest absolute Gasteiger partial charge is 0.169 e. The van der Waals surface area contributed by atoms with E-state index >= 15 is 0 Å². The molecule has 1 heterocycles. The zero-order valence-electron chi connectivity index (χ0n) is 12.9. The second-order valence-electron chi connectivity index (χ2n) is 5.49. The Morgan fingerprint density at radius 3 is 2.59 bits per heavy atom. The number of anilines is 1. The monoisotopic (exact) mass is 291 g/mol. The first-order valence-corrected chi connectivity index (χ1v) is 7.26. The molecule has 110 valence electrons. The zero-order chi connectivity index (χ0) is 15.3. The van der Waals surface area contributed by atoms with E-state index in [0.717, 1.165) is 22.3 Å². The summed E-state index contributed by atoms with van der Waals surface area (Å²) in [5.74, 6) is 1.55. The Morgan fingerprint density at radius 1 is 0.955 bits per heavy atom. The summed E-state index contributed by atoms with van der Waals surface area (Å²) < 4.78 is 11.1. The molecule has 0 saturated carbocycles. The maximum absolute atomic E-state index is 5.66. The van der Waals surface area contributed by atoms with Gasteiger partial charge in [0.1, 0.15) is 0 Å². The molecule has 0 aliphatic carbocycles. The Morgan fingerprint density at radius 2 is 1.82 bits per heavy atom. The highest BCUT2D eigenvalue weighted by atomic mass is 16.5. The van der Waals surface area contributed by atoms with E-state index in [-0.39, 0.29) is 0 Å². The van der Waals surface area contributed by atoms with E-state index in [1.54, 1.807) is 14.2 Å². The molecule has 0 unspecified atom stereocenters. The summed E-state index contributed by atoms with van der Waals surface area (Å²) in [5.41, 5.74) is 2.45. The first-order valence-electron chi connectivity index (χ1n) is 7.26. The van der Waals surface area contributed by atoms with Crippen LogP contribution < -0.4 is 14.4 Å². The van der Waals surface area contributed by atoms with E-state index < -0.39 is 0 Å². The van der Waals surface area contributed by atoms with Crippen LogP contribution in [-0.2, 0) is 0 Å². The fourth-order valence-electron chi connectivity index (χ4n) is 3.31. The molecular weight excluding hydrogens is 274 g/mol. The molecule has 1 aliphatic rings. The number of methoxy groups -OCH3 is 2. The largest absolute Gasteiger partial charge is 0.493 e. The molecule has 0 bridgehead atoms. The standard InChI is InChI=1S/C19H17NO2/c1-20-10-9-12-5-4-6-14-17(12)15(20)11-13-7-8-16(21-2)19(22-3)18(13)14/h4-11H,1-3H3. The Labute approximate surface area is 129 Å². The van der Waals surface area contributed by atoms with Crippen molar-refractivity contribution in [3.8, 4) is 11.5 Å². The lowest BCUT2D eigenvalue weighted by Crippen LogP contribution is -2.11. The molecule has 3 heteroatoms. The molecule has 3 nitrogen and oxygen atoms in total. The van der Waals surface area contributed by atoms with Crippen molar-refractivity contribution in [1.82, 2.24) is 0 Å². The third kappa shape index (κ3) is 1.62. The van der Waals surface area contributed by atoms with Crippen LogP contribution in [0, 0.1) is 0 Å². The van der Waals surface area contributed by atoms with Gasteiger partial charge in [0.05, 0.1) is 14.2 Å². The van der Waals surface area contributed by atoms with Crippen molar-refractivity contribution in [3.63, 3.8) is 0 Å². The van der Waals surface area contributed by atoms with Crippen LogP contribution in [0.2, 0.25) is 0 Å². The van der Waals surface area contributed by atoms with Crippen LogP contribution in [0.3, 0.4) is 0 Å². The minimum Gasteiger partial charge on any atom is -0.493 e. The Balaban J connectivity index is 2.26. The van der Waals surface area contributed by atoms with Crippen LogP contribution in [0.25, 0.3) is 27.6 Å². The first kappa shape index (κ1) is 13.0. The molecule has 3 aromatic rings. The number of fused-ring (bicyclic) bond motifs is 2. The van der Waals surface area contributed by atoms with E-state index in [9.17, 15) is 0 Å². The van der Waals surface area contributed by atoms with E-state index in [4.69, 9.17) is 9.47 Å². The van der Waals surface area contributed by atoms with Crippen molar-refractivity contribution < 1.29 is 9.47 Å². The first-order chi connectivity index (χ1) is 10.7. The second-order valence-corrected chi connectivity index (χ2v) is 5.49. The van der Waals surface area contributed by atoms with Gasteiger partial charge in [0, 0.05) is 29.7 Å². The van der Waals surface area contributed by atoms with Gasteiger partial charge in [0.25, 0.3) is 0 Å². The van der Waals surface area contributed by atoms with E-state index in [0.29, 0.717) is 0 Å². The molecule has 0 saturated heterocycles. The Bertz CT molecular complexity index is 928. The minimum absolute atomic E-state index is 0.760. The van der Waals surface area contributed by atoms with Gasteiger partial charge in [0.2, 0.25) is 0 Å². The fourth-order valence-corrected chi connectivity index (χ4v) is 3.31. The Kier molecular flexibility index (Phi) is 2.76. The fraction of sp³-hybridized carbons (Fsp3) is 0.158. The van der Waals surface area contributed by atoms with E-state index in [1.165, 1.54) is 22.0 Å². The topological polar surface area (TPSA) is 21.7 Å². The molecule has 3 aromatic carbocycles. The van der Waals surface area contributed by atoms with Crippen molar-refractivity contribution in [2.45, 2.75) is 0 Å². The highest BCUT2D eigenvalue weighted by molar-refractivity contribution is 6.19. The zero-order valence-corrected chi connectivity index (χ0v) is 12.9. The van der Waals surface area contributed by atoms with E-state index in [2.05, 4.69) is 54.6 Å². The highest BCUT2D eigenvalue weighted by Gasteiger charge is 2.18. The van der Waals surface area contributed by atoms with Gasteiger partial charge in [0.15, 0.2) is 11.5 Å². The van der Waals surface area contributed by atoms with E-state index in [1.807, 2.05) is 6.07 Å². The summed E-state index contributed by atoms with van der Waals surface area (Å²) in [5, 5.41) is 4.70. The van der Waals surface area contributed by atoms with Crippen molar-refractivity contribution in [2.24, 2.45) is 0 Å². The van der Waals surface area contributed by atoms with Crippen LogP contribution in [-0.4, -0.2) is 21.3 Å². The van der Waals surface area contributed by atoms with Crippen LogP contribution in [0.1, 0.15) is 5.56 Å². The number of benzene rings is 3. The SMILES string of the molecule is COc1ccc2cc3c4c(cccc4c2c1OC)C=CN3C. The van der Waals surface area contributed by atoms with Gasteiger partial charge < -0.3 is 14.4 Å². The summed E-state index contributed by atoms with van der Waals surface area (Å²) in [6.45, 7) is 0. The summed E-state index contributed by atoms with van der Waals surface area (Å²) in [6, 6.07) is 12.7. The lowest BCUT2D eigenvalue weighted by Gasteiger charge is -2.24. The van der Waals surface area contributed by atoms with Crippen molar-refractivity contribution >= 4 is 33.3 Å². The lowest BCUT2D eigenvalue weighted by atomic mass is 9.94. The lowest BCUT2D eigenvalue weighted by molar-refractivity contribution is 0.359. The van der Waals surface area contributed by atoms with Crippen molar-refractivity contribution in [2.75, 3.05) is 26.2 Å². The quantitative estimate of drug-likeness (QED) is 0.652. The van der Waals surface area contributed by atoms with Gasteiger partial charge in [-0.1, -0.05) is 24.3 Å². The maximum atomic E-state index is 5.66. The average Bonchev–Trinajstić information content (AvgIpc) is 2.56. The highest BCUT2D eigenvalue weighted by Crippen LogP contribution is 2.45. The molecule has 0 atom stereocenters. The second kappa shape index (κ2) is 4.67. The Hall–Kier alpha value is -2.68. The number of hydrogen-bond donors (Lipinski definition) is 0. The molecule has 0 amide bonds. The van der Waals surface area contributed by atoms with Crippen LogP contribution >= 0.6 is 0 Å². The van der Waals surface area contributed by atoms with Crippen molar-refractivity contribution in [3.05, 3.63) is 48.2 Å². The van der Waals surface area contributed by atoms with Gasteiger partial charge in [-0.3, -0.25) is 0 Å². The molecule has 0 spiro atoms. The third-order valence-corrected chi connectivity index (χ3v) is 4.35. The van der Waals surface area contributed by atoms with Gasteiger partial charge in [-0.15, -0.1) is 0 Å². The summed E-state index contributed by atoms with van der Waals surface area (Å²) in [4.78, 5) is 2.16. The van der Waals surface area contributed by atoms with Gasteiger partial charge in [-0.2, -0.15) is 0 Å². The predicted octanol–water partition coefficient (Wildman–Crippen LogP) is 4.43. The predicted molar refractivity (Wildman–Crippen MR) is 92.0 cm³/mol. The summed E-state index contributed by atoms with van der Waals surface area (Å²) in [7, 11) is 5.44. The van der Waals surface area contributed by atoms with Gasteiger partial charge >= 0.3 is 0 Å². The molecular formula is C19H17NO2. The van der Waals surface area contributed by atoms with Gasteiger partial charge in [-0.05, 0) is 34.5 Å². The molecule has 0 N–H and O–H groups in total. The number of hydrogen-bond acceptors (Lipinski definition) is 3. The van der Waals surface area contributed by atoms with Gasteiger partial charge in [-0.25, -0.2) is 0 Å². The maximum Gasteiger partial charge on any atom is 0.169 e. The normalized spacial score (nSPS) is 13.0. The third-order valence-electron chi connectivity index (χ3n) is 4.35. The summed E-state index contributed by atoms with van der Waals surface area (Å²) >= 11 is 0. The molecule has 0 fully saturated rings. The minimum atomic E-state index is 0.760. The molecule has 0 radical (unpaired) electrons. The van der Waals surface area contributed by atoms with Crippen molar-refractivity contribution in [1.29, 1.82) is 0 Å². The molecule has 1 aliphatic heterocycles. The van der Waals surface area contributed by atoms with Crippen LogP contribution in [0.4, 0.5) is 5.69 Å². The number of rotatable bonds is 2. The molecule has 22 heavy (non-hydrogen) atoms. The number of nitrogens with zero attached hydrogens (tertiary/aromatic N) is 1. The molecule has 0 aromatic heterocycles. The van der Waals surface area contributed by atoms with Crippen LogP contribution in [0.15, 0.2) is 42.6 Å². The molecule has 4 rings (SSSR count). The number of ether oxygens (including phenoxy) is 2. The summed E-state index contributed by atoms with van der Waals surface area (Å²) in [6.07, 6.45) is 4.25. The average molecular weight is 291 g/mol. The van der Waals surface area contributed by atoms with Crippen LogP contribution in [0.5, 0.6) is 11.5 Å².